The summed E-state index contributed by atoms with van der Waals surface area (Å²) < 4.78 is 57.9. The number of anilines is 1. The molecule has 1 aliphatic heterocycles. The van der Waals surface area contributed by atoms with Crippen LogP contribution in [-0.4, -0.2) is 49.3 Å². The lowest BCUT2D eigenvalue weighted by Gasteiger charge is -2.36. The van der Waals surface area contributed by atoms with Crippen LogP contribution in [0, 0.1) is 5.82 Å². The average molecular weight is 462 g/mol. The monoisotopic (exact) mass is 462 g/mol. The van der Waals surface area contributed by atoms with Gasteiger partial charge in [-0.2, -0.15) is 13.2 Å². The highest BCUT2D eigenvalue weighted by Crippen LogP contribution is 2.36. The van der Waals surface area contributed by atoms with Crippen molar-refractivity contribution in [3.63, 3.8) is 0 Å². The maximum Gasteiger partial charge on any atom is 0.417 e. The number of benzene rings is 2. The molecule has 0 saturated carbocycles. The Balaban J connectivity index is 1.18. The largest absolute Gasteiger partial charge is 0.417 e. The van der Waals surface area contributed by atoms with E-state index in [1.165, 1.54) is 24.3 Å². The van der Waals surface area contributed by atoms with E-state index in [0.717, 1.165) is 57.4 Å². The third-order valence-electron chi connectivity index (χ3n) is 5.76. The molecule has 0 bridgehead atoms. The molecule has 1 saturated heterocycles. The highest BCUT2D eigenvalue weighted by Gasteiger charge is 2.34. The minimum absolute atomic E-state index is 0.0137. The molecule has 1 fully saturated rings. The summed E-state index contributed by atoms with van der Waals surface area (Å²) in [6.07, 6.45) is -3.51. The second-order valence-corrected chi connectivity index (χ2v) is 8.06. The van der Waals surface area contributed by atoms with Gasteiger partial charge in [0, 0.05) is 43.5 Å². The van der Waals surface area contributed by atoms with Gasteiger partial charge in [0.15, 0.2) is 5.76 Å². The Hall–Kier alpha value is -2.91. The van der Waals surface area contributed by atoms with E-state index in [-0.39, 0.29) is 17.1 Å². The Morgan fingerprint density at radius 2 is 1.70 bits per heavy atom. The van der Waals surface area contributed by atoms with Crippen molar-refractivity contribution in [3.05, 3.63) is 71.7 Å². The van der Waals surface area contributed by atoms with E-state index >= 15 is 0 Å². The molecule has 9 heteroatoms. The van der Waals surface area contributed by atoms with Crippen LogP contribution in [-0.2, 0) is 12.7 Å². The minimum Gasteiger partial charge on any atom is -0.369 e. The topological polar surface area (TPSA) is 44.5 Å². The number of nitrogens with zero attached hydrogens (tertiary/aromatic N) is 3. The minimum atomic E-state index is -4.45. The lowest BCUT2D eigenvalue weighted by atomic mass is 10.0. The van der Waals surface area contributed by atoms with Gasteiger partial charge in [0.2, 0.25) is 0 Å². The van der Waals surface area contributed by atoms with Crippen LogP contribution in [0.25, 0.3) is 11.3 Å². The van der Waals surface area contributed by atoms with E-state index in [4.69, 9.17) is 4.52 Å². The highest BCUT2D eigenvalue weighted by molar-refractivity contribution is 5.64. The maximum atomic E-state index is 13.2. The normalized spacial score (nSPS) is 15.2. The number of halogens is 4. The molecule has 1 aliphatic rings. The first-order valence-corrected chi connectivity index (χ1v) is 11.0. The molecule has 176 valence electrons. The first-order valence-electron chi connectivity index (χ1n) is 11.0. The van der Waals surface area contributed by atoms with Crippen LogP contribution in [0.15, 0.2) is 59.1 Å². The van der Waals surface area contributed by atoms with Crippen molar-refractivity contribution in [3.8, 4) is 11.3 Å². The fourth-order valence-corrected chi connectivity index (χ4v) is 4.00. The summed E-state index contributed by atoms with van der Waals surface area (Å²) in [7, 11) is 0. The van der Waals surface area contributed by atoms with Crippen LogP contribution < -0.4 is 10.2 Å². The number of hydrogen-bond donors (Lipinski definition) is 1. The van der Waals surface area contributed by atoms with E-state index in [0.29, 0.717) is 12.3 Å². The summed E-state index contributed by atoms with van der Waals surface area (Å²) in [6.45, 7) is 5.80. The Labute approximate surface area is 190 Å². The first-order chi connectivity index (χ1) is 15.9. The SMILES string of the molecule is Fc1ccc(N2CCN(CCCNCc3cc(-c4ccccc4C(F)(F)F)no3)CC2)cc1. The zero-order valence-electron chi connectivity index (χ0n) is 18.1. The molecule has 1 aromatic heterocycles. The van der Waals surface area contributed by atoms with Crippen molar-refractivity contribution in [2.45, 2.75) is 19.1 Å². The Morgan fingerprint density at radius 3 is 2.42 bits per heavy atom. The molecular formula is C24H26F4N4O. The van der Waals surface area contributed by atoms with Gasteiger partial charge < -0.3 is 14.7 Å². The predicted molar refractivity (Wildman–Crippen MR) is 118 cm³/mol. The van der Waals surface area contributed by atoms with Crippen molar-refractivity contribution in [1.29, 1.82) is 0 Å². The first kappa shape index (κ1) is 23.3. The van der Waals surface area contributed by atoms with Crippen LogP contribution in [0.3, 0.4) is 0 Å². The van der Waals surface area contributed by atoms with Crippen molar-refractivity contribution in [2.24, 2.45) is 0 Å². The molecule has 4 rings (SSSR count). The molecule has 2 aromatic carbocycles. The quantitative estimate of drug-likeness (QED) is 0.385. The molecule has 0 unspecified atom stereocenters. The summed E-state index contributed by atoms with van der Waals surface area (Å²) in [4.78, 5) is 4.65. The number of alkyl halides is 3. The molecule has 0 spiro atoms. The summed E-state index contributed by atoms with van der Waals surface area (Å²) in [5, 5.41) is 7.08. The van der Waals surface area contributed by atoms with Crippen LogP contribution in [0.1, 0.15) is 17.7 Å². The van der Waals surface area contributed by atoms with Gasteiger partial charge in [-0.05, 0) is 49.8 Å². The molecule has 5 nitrogen and oxygen atoms in total. The lowest BCUT2D eigenvalue weighted by Crippen LogP contribution is -2.47. The Bertz CT molecular complexity index is 1030. The molecule has 0 atom stereocenters. The van der Waals surface area contributed by atoms with E-state index in [9.17, 15) is 17.6 Å². The Morgan fingerprint density at radius 1 is 0.970 bits per heavy atom. The average Bonchev–Trinajstić information content (AvgIpc) is 3.28. The Kier molecular flexibility index (Phi) is 7.29. The van der Waals surface area contributed by atoms with Gasteiger partial charge in [-0.1, -0.05) is 23.4 Å². The van der Waals surface area contributed by atoms with Crippen molar-refractivity contribution < 1.29 is 22.1 Å². The molecule has 3 aromatic rings. The maximum absolute atomic E-state index is 13.2. The summed E-state index contributed by atoms with van der Waals surface area (Å²) in [5.41, 5.74) is 0.512. The zero-order chi connectivity index (χ0) is 23.3. The van der Waals surface area contributed by atoms with E-state index in [1.54, 1.807) is 12.1 Å². The molecule has 1 N–H and O–H groups in total. The second kappa shape index (κ2) is 10.4. The fourth-order valence-electron chi connectivity index (χ4n) is 4.00. The van der Waals surface area contributed by atoms with Gasteiger partial charge in [-0.15, -0.1) is 0 Å². The smallest absolute Gasteiger partial charge is 0.369 e. The summed E-state index contributed by atoms with van der Waals surface area (Å²) in [5.74, 6) is 0.271. The fraction of sp³-hybridized carbons (Fsp3) is 0.375. The van der Waals surface area contributed by atoms with Crippen molar-refractivity contribution in [2.75, 3.05) is 44.2 Å². The number of nitrogens with one attached hydrogen (secondary N) is 1. The molecular weight excluding hydrogens is 436 g/mol. The molecule has 0 radical (unpaired) electrons. The van der Waals surface area contributed by atoms with E-state index in [2.05, 4.69) is 20.3 Å². The van der Waals surface area contributed by atoms with Gasteiger partial charge in [0.1, 0.15) is 11.5 Å². The van der Waals surface area contributed by atoms with Gasteiger partial charge in [-0.3, -0.25) is 4.90 Å². The number of hydrogen-bond acceptors (Lipinski definition) is 5. The predicted octanol–water partition coefficient (Wildman–Crippen LogP) is 4.80. The summed E-state index contributed by atoms with van der Waals surface area (Å²) >= 11 is 0. The van der Waals surface area contributed by atoms with Gasteiger partial charge in [-0.25, -0.2) is 4.39 Å². The summed E-state index contributed by atoms with van der Waals surface area (Å²) in [6, 6.07) is 13.5. The van der Waals surface area contributed by atoms with Crippen molar-refractivity contribution >= 4 is 5.69 Å². The standard InChI is InChI=1S/C24H26F4N4O/c25-18-6-8-19(9-7-18)32-14-12-31(13-15-32)11-3-10-29-17-20-16-23(30-33-20)21-4-1-2-5-22(21)24(26,27)28/h1-2,4-9,16,29H,3,10-15,17H2. The number of piperazine rings is 1. The van der Waals surface area contributed by atoms with Crippen LogP contribution in [0.2, 0.25) is 0 Å². The molecule has 0 amide bonds. The third kappa shape index (κ3) is 6.11. The van der Waals surface area contributed by atoms with Crippen LogP contribution in [0.4, 0.5) is 23.2 Å². The van der Waals surface area contributed by atoms with Gasteiger partial charge in [0.25, 0.3) is 0 Å². The van der Waals surface area contributed by atoms with Crippen LogP contribution >= 0.6 is 0 Å². The number of aromatic nitrogens is 1. The second-order valence-electron chi connectivity index (χ2n) is 8.06. The van der Waals surface area contributed by atoms with Gasteiger partial charge in [0.05, 0.1) is 12.1 Å². The van der Waals surface area contributed by atoms with Crippen LogP contribution in [0.5, 0.6) is 0 Å². The number of rotatable bonds is 8. The molecule has 0 aliphatic carbocycles. The zero-order valence-corrected chi connectivity index (χ0v) is 18.1. The van der Waals surface area contributed by atoms with E-state index < -0.39 is 11.7 Å². The molecule has 2 heterocycles. The van der Waals surface area contributed by atoms with E-state index in [1.807, 2.05) is 12.1 Å². The highest BCUT2D eigenvalue weighted by atomic mass is 19.4. The lowest BCUT2D eigenvalue weighted by molar-refractivity contribution is -0.137. The molecule has 33 heavy (non-hydrogen) atoms. The van der Waals surface area contributed by atoms with Gasteiger partial charge >= 0.3 is 6.18 Å². The van der Waals surface area contributed by atoms with Crippen molar-refractivity contribution in [1.82, 2.24) is 15.4 Å². The third-order valence-corrected chi connectivity index (χ3v) is 5.76.